The van der Waals surface area contributed by atoms with E-state index in [0.717, 1.165) is 11.1 Å². The number of benzene rings is 2. The number of ketones is 1. The molecule has 0 bridgehead atoms. The zero-order chi connectivity index (χ0) is 22.8. The molecule has 0 radical (unpaired) electrons. The highest BCUT2D eigenvalue weighted by atomic mass is 79.9. The van der Waals surface area contributed by atoms with E-state index < -0.39 is 17.7 Å². The lowest BCUT2D eigenvalue weighted by Crippen LogP contribution is -2.29. The Morgan fingerprint density at radius 2 is 1.88 bits per heavy atom. The standard InChI is InChI=1S/C25H21BrN2O4/c1-15-7-3-4-9-18(15)22-21(23(29)16-10-11-20(32-2)19(26)13-16)24(30)25(31)28(22)14-17-8-5-6-12-27-17/h3-13,22,29H,14H2,1-2H3/b23-21+. The first-order valence-electron chi connectivity index (χ1n) is 10.00. The molecular formula is C25H21BrN2O4. The third kappa shape index (κ3) is 3.91. The highest BCUT2D eigenvalue weighted by Crippen LogP contribution is 2.41. The van der Waals surface area contributed by atoms with Crippen molar-refractivity contribution in [2.24, 2.45) is 0 Å². The van der Waals surface area contributed by atoms with Crippen LogP contribution in [-0.2, 0) is 16.1 Å². The van der Waals surface area contributed by atoms with E-state index in [1.54, 1.807) is 43.6 Å². The fourth-order valence-electron chi connectivity index (χ4n) is 3.90. The summed E-state index contributed by atoms with van der Waals surface area (Å²) in [4.78, 5) is 32.0. The van der Waals surface area contributed by atoms with Crippen LogP contribution in [0.2, 0.25) is 0 Å². The highest BCUT2D eigenvalue weighted by Gasteiger charge is 2.46. The van der Waals surface area contributed by atoms with Gasteiger partial charge in [-0.15, -0.1) is 0 Å². The number of methoxy groups -OCH3 is 1. The van der Waals surface area contributed by atoms with Gasteiger partial charge in [-0.25, -0.2) is 0 Å². The van der Waals surface area contributed by atoms with Gasteiger partial charge in [0.2, 0.25) is 0 Å². The highest BCUT2D eigenvalue weighted by molar-refractivity contribution is 9.10. The number of rotatable bonds is 5. The van der Waals surface area contributed by atoms with Gasteiger partial charge in [0.25, 0.3) is 11.7 Å². The number of likely N-dealkylation sites (tertiary alicyclic amines) is 1. The van der Waals surface area contributed by atoms with Crippen molar-refractivity contribution >= 4 is 33.4 Å². The summed E-state index contributed by atoms with van der Waals surface area (Å²) in [7, 11) is 1.54. The van der Waals surface area contributed by atoms with Crippen molar-refractivity contribution in [1.29, 1.82) is 0 Å². The second kappa shape index (κ2) is 8.96. The Morgan fingerprint density at radius 3 is 2.53 bits per heavy atom. The summed E-state index contributed by atoms with van der Waals surface area (Å²) in [6.45, 7) is 2.06. The summed E-state index contributed by atoms with van der Waals surface area (Å²) in [6, 6.07) is 17.2. The van der Waals surface area contributed by atoms with E-state index in [1.807, 2.05) is 37.3 Å². The van der Waals surface area contributed by atoms with E-state index in [1.165, 1.54) is 4.90 Å². The number of aliphatic hydroxyl groups is 1. The number of amides is 1. The number of carbonyl (C=O) groups is 2. The molecule has 2 aromatic carbocycles. The van der Waals surface area contributed by atoms with Crippen LogP contribution in [0.15, 0.2) is 76.9 Å². The minimum atomic E-state index is -0.737. The summed E-state index contributed by atoms with van der Waals surface area (Å²) < 4.78 is 5.88. The second-order valence-corrected chi connectivity index (χ2v) is 8.31. The van der Waals surface area contributed by atoms with Crippen molar-refractivity contribution in [3.05, 3.63) is 99.3 Å². The molecule has 1 aliphatic heterocycles. The molecule has 6 nitrogen and oxygen atoms in total. The number of pyridine rings is 1. The van der Waals surface area contributed by atoms with Gasteiger partial charge in [-0.1, -0.05) is 30.3 Å². The van der Waals surface area contributed by atoms with Gasteiger partial charge in [-0.05, 0) is 64.3 Å². The van der Waals surface area contributed by atoms with Crippen molar-refractivity contribution in [3.8, 4) is 5.75 Å². The first-order chi connectivity index (χ1) is 15.4. The molecule has 1 fully saturated rings. The molecule has 162 valence electrons. The predicted molar refractivity (Wildman–Crippen MR) is 124 cm³/mol. The summed E-state index contributed by atoms with van der Waals surface area (Å²) in [6.07, 6.45) is 1.64. The van der Waals surface area contributed by atoms with E-state index >= 15 is 0 Å². The Morgan fingerprint density at radius 1 is 1.12 bits per heavy atom. The van der Waals surface area contributed by atoms with Crippen LogP contribution in [0.4, 0.5) is 0 Å². The van der Waals surface area contributed by atoms with Gasteiger partial charge in [0.05, 0.1) is 35.4 Å². The quantitative estimate of drug-likeness (QED) is 0.314. The monoisotopic (exact) mass is 492 g/mol. The minimum absolute atomic E-state index is 0.0531. The van der Waals surface area contributed by atoms with Crippen molar-refractivity contribution in [2.75, 3.05) is 7.11 Å². The molecule has 0 aliphatic carbocycles. The number of hydrogen-bond acceptors (Lipinski definition) is 5. The topological polar surface area (TPSA) is 79.7 Å². The molecule has 3 aromatic rings. The molecule has 0 saturated carbocycles. The summed E-state index contributed by atoms with van der Waals surface area (Å²) in [5, 5.41) is 11.2. The van der Waals surface area contributed by atoms with Gasteiger partial charge < -0.3 is 14.7 Å². The number of aliphatic hydroxyl groups excluding tert-OH is 1. The van der Waals surface area contributed by atoms with Crippen LogP contribution in [0.3, 0.4) is 0 Å². The molecule has 1 aromatic heterocycles. The van der Waals surface area contributed by atoms with Gasteiger partial charge in [-0.3, -0.25) is 14.6 Å². The number of halogens is 1. The number of hydrogen-bond donors (Lipinski definition) is 1. The normalized spacial score (nSPS) is 17.6. The molecule has 2 heterocycles. The van der Waals surface area contributed by atoms with Crippen LogP contribution in [0.25, 0.3) is 5.76 Å². The van der Waals surface area contributed by atoms with Crippen molar-refractivity contribution in [2.45, 2.75) is 19.5 Å². The van der Waals surface area contributed by atoms with Crippen LogP contribution in [0.5, 0.6) is 5.75 Å². The van der Waals surface area contributed by atoms with Gasteiger partial charge in [-0.2, -0.15) is 0 Å². The van der Waals surface area contributed by atoms with Gasteiger partial charge in [0, 0.05) is 11.8 Å². The number of aromatic nitrogens is 1. The lowest BCUT2D eigenvalue weighted by Gasteiger charge is -2.26. The summed E-state index contributed by atoms with van der Waals surface area (Å²) in [5.74, 6) is -1.03. The number of carbonyl (C=O) groups excluding carboxylic acids is 2. The van der Waals surface area contributed by atoms with E-state index in [0.29, 0.717) is 21.5 Å². The fourth-order valence-corrected chi connectivity index (χ4v) is 4.44. The van der Waals surface area contributed by atoms with Crippen LogP contribution >= 0.6 is 15.9 Å². The Bertz CT molecular complexity index is 1220. The molecule has 1 unspecified atom stereocenters. The molecule has 4 rings (SSSR count). The van der Waals surface area contributed by atoms with Crippen LogP contribution in [0.1, 0.15) is 28.4 Å². The zero-order valence-electron chi connectivity index (χ0n) is 17.6. The fraction of sp³-hybridized carbons (Fsp3) is 0.160. The van der Waals surface area contributed by atoms with Crippen molar-refractivity contribution in [3.63, 3.8) is 0 Å². The Kier molecular flexibility index (Phi) is 6.10. The molecule has 1 saturated heterocycles. The van der Waals surface area contributed by atoms with Crippen LogP contribution in [-0.4, -0.2) is 33.8 Å². The van der Waals surface area contributed by atoms with Gasteiger partial charge >= 0.3 is 0 Å². The van der Waals surface area contributed by atoms with Gasteiger partial charge in [0.15, 0.2) is 0 Å². The Hall–Kier alpha value is -3.45. The number of nitrogens with zero attached hydrogens (tertiary/aromatic N) is 2. The first-order valence-corrected chi connectivity index (χ1v) is 10.8. The van der Waals surface area contributed by atoms with Crippen molar-refractivity contribution < 1.29 is 19.4 Å². The summed E-state index contributed by atoms with van der Waals surface area (Å²) in [5.41, 5.74) is 2.80. The lowest BCUT2D eigenvalue weighted by atomic mass is 9.92. The molecule has 7 heteroatoms. The van der Waals surface area contributed by atoms with E-state index in [-0.39, 0.29) is 17.9 Å². The molecule has 0 spiro atoms. The average molecular weight is 493 g/mol. The van der Waals surface area contributed by atoms with Gasteiger partial charge in [0.1, 0.15) is 11.5 Å². The maximum Gasteiger partial charge on any atom is 0.296 e. The molecule has 32 heavy (non-hydrogen) atoms. The van der Waals surface area contributed by atoms with E-state index in [2.05, 4.69) is 20.9 Å². The molecule has 1 atom stereocenters. The molecule has 1 aliphatic rings. The van der Waals surface area contributed by atoms with Crippen molar-refractivity contribution in [1.82, 2.24) is 9.88 Å². The summed E-state index contributed by atoms with van der Waals surface area (Å²) >= 11 is 3.41. The van der Waals surface area contributed by atoms with Crippen LogP contribution < -0.4 is 4.74 Å². The largest absolute Gasteiger partial charge is 0.507 e. The SMILES string of the molecule is COc1ccc(/C(O)=C2\C(=O)C(=O)N(Cc3ccccn3)C2c2ccccc2C)cc1Br. The number of aryl methyl sites for hydroxylation is 1. The smallest absolute Gasteiger partial charge is 0.296 e. The number of ether oxygens (including phenoxy) is 1. The second-order valence-electron chi connectivity index (χ2n) is 7.45. The predicted octanol–water partition coefficient (Wildman–Crippen LogP) is 4.78. The van der Waals surface area contributed by atoms with E-state index in [9.17, 15) is 14.7 Å². The molecule has 1 amide bonds. The average Bonchev–Trinajstić information content (AvgIpc) is 3.04. The third-order valence-corrected chi connectivity index (χ3v) is 6.13. The first kappa shape index (κ1) is 21.8. The van der Waals surface area contributed by atoms with Crippen LogP contribution in [0, 0.1) is 6.92 Å². The maximum absolute atomic E-state index is 13.2. The minimum Gasteiger partial charge on any atom is -0.507 e. The lowest BCUT2D eigenvalue weighted by molar-refractivity contribution is -0.140. The Balaban J connectivity index is 1.89. The zero-order valence-corrected chi connectivity index (χ0v) is 19.2. The Labute approximate surface area is 194 Å². The number of Topliss-reactive ketones (excluding diaryl/α,β-unsaturated/α-hetero) is 1. The maximum atomic E-state index is 13.2. The third-order valence-electron chi connectivity index (χ3n) is 5.51. The van der Waals surface area contributed by atoms with E-state index in [4.69, 9.17) is 4.74 Å². The molecule has 1 N–H and O–H groups in total. The molecular weight excluding hydrogens is 472 g/mol.